The molecule has 5 nitrogen and oxygen atoms in total. The number of anilines is 1. The first kappa shape index (κ1) is 10.2. The van der Waals surface area contributed by atoms with Crippen molar-refractivity contribution in [1.82, 2.24) is 5.43 Å². The van der Waals surface area contributed by atoms with Crippen LogP contribution in [0.1, 0.15) is 0 Å². The van der Waals surface area contributed by atoms with Crippen molar-refractivity contribution >= 4 is 17.8 Å². The smallest absolute Gasteiger partial charge is 0.274 e. The molecule has 1 aliphatic rings. The average Bonchev–Trinajstić information content (AvgIpc) is 2.72. The first-order valence-corrected chi connectivity index (χ1v) is 4.74. The van der Waals surface area contributed by atoms with Crippen molar-refractivity contribution in [3.05, 3.63) is 36.0 Å². The van der Waals surface area contributed by atoms with E-state index in [4.69, 9.17) is 4.74 Å². The van der Waals surface area contributed by atoms with E-state index in [9.17, 15) is 4.79 Å². The highest BCUT2D eigenvalue weighted by Crippen LogP contribution is 2.16. The Morgan fingerprint density at radius 1 is 1.50 bits per heavy atom. The third kappa shape index (κ3) is 2.20. The van der Waals surface area contributed by atoms with Gasteiger partial charge < -0.3 is 10.1 Å². The van der Waals surface area contributed by atoms with Gasteiger partial charge in [-0.3, -0.25) is 4.79 Å². The van der Waals surface area contributed by atoms with Gasteiger partial charge in [0.1, 0.15) is 5.75 Å². The topological polar surface area (TPSA) is 62.7 Å². The summed E-state index contributed by atoms with van der Waals surface area (Å²) in [5.41, 5.74) is 3.66. The highest BCUT2D eigenvalue weighted by Gasteiger charge is 2.10. The van der Waals surface area contributed by atoms with E-state index in [1.165, 1.54) is 6.21 Å². The number of benzene rings is 1. The number of nitrogens with zero attached hydrogens (tertiary/aromatic N) is 1. The molecule has 1 aromatic carbocycles. The summed E-state index contributed by atoms with van der Waals surface area (Å²) < 4.78 is 5.08. The van der Waals surface area contributed by atoms with Crippen LogP contribution < -0.4 is 15.5 Å². The molecule has 0 spiro atoms. The maximum Gasteiger partial charge on any atom is 0.274 e. The number of hydrogen-bond acceptors (Lipinski definition) is 4. The predicted octanol–water partition coefficient (Wildman–Crippen LogP) is 1.11. The van der Waals surface area contributed by atoms with E-state index >= 15 is 0 Å². The molecule has 0 unspecified atom stereocenters. The molecular weight excluding hydrogens is 206 g/mol. The third-order valence-electron chi connectivity index (χ3n) is 2.10. The fourth-order valence-corrected chi connectivity index (χ4v) is 1.26. The Morgan fingerprint density at radius 3 is 3.06 bits per heavy atom. The summed E-state index contributed by atoms with van der Waals surface area (Å²) in [4.78, 5) is 11.1. The quantitative estimate of drug-likeness (QED) is 0.745. The molecule has 0 aromatic heterocycles. The fraction of sp³-hybridized carbons (Fsp3) is 0.0909. The van der Waals surface area contributed by atoms with Gasteiger partial charge in [0.25, 0.3) is 5.91 Å². The molecular formula is C11H11N3O2. The van der Waals surface area contributed by atoms with Crippen molar-refractivity contribution < 1.29 is 9.53 Å². The van der Waals surface area contributed by atoms with Crippen LogP contribution in [0.5, 0.6) is 5.75 Å². The summed E-state index contributed by atoms with van der Waals surface area (Å²) >= 11 is 0. The largest absolute Gasteiger partial charge is 0.497 e. The maximum absolute atomic E-state index is 11.1. The molecule has 2 rings (SSSR count). The minimum atomic E-state index is -0.213. The molecule has 1 amide bonds. The second-order valence-corrected chi connectivity index (χ2v) is 3.18. The molecule has 5 heteroatoms. The number of amides is 1. The standard InChI is InChI=1S/C11H11N3O2/c1-16-10-4-2-3-9(5-10)12-6-8-7-13-14-11(8)15/h2-7,12H,1H3,(H,14,15). The maximum atomic E-state index is 11.1. The van der Waals surface area contributed by atoms with Crippen LogP contribution in [0.25, 0.3) is 0 Å². The lowest BCUT2D eigenvalue weighted by Gasteiger charge is -2.03. The lowest BCUT2D eigenvalue weighted by Crippen LogP contribution is -2.12. The van der Waals surface area contributed by atoms with E-state index in [1.807, 2.05) is 24.3 Å². The third-order valence-corrected chi connectivity index (χ3v) is 2.10. The molecule has 0 saturated carbocycles. The van der Waals surface area contributed by atoms with Crippen LogP contribution >= 0.6 is 0 Å². The molecule has 0 fully saturated rings. The molecule has 1 aromatic rings. The molecule has 0 bridgehead atoms. The number of hydrogen-bond donors (Lipinski definition) is 2. The van der Waals surface area contributed by atoms with Gasteiger partial charge in [0.05, 0.1) is 18.9 Å². The molecule has 0 saturated heterocycles. The van der Waals surface area contributed by atoms with Crippen LogP contribution in [0.4, 0.5) is 5.69 Å². The normalized spacial score (nSPS) is 16.3. The van der Waals surface area contributed by atoms with Crippen molar-refractivity contribution in [2.75, 3.05) is 12.4 Å². The van der Waals surface area contributed by atoms with Gasteiger partial charge in [-0.2, -0.15) is 5.10 Å². The molecule has 16 heavy (non-hydrogen) atoms. The second-order valence-electron chi connectivity index (χ2n) is 3.18. The second kappa shape index (κ2) is 4.48. The zero-order valence-corrected chi connectivity index (χ0v) is 8.73. The van der Waals surface area contributed by atoms with Gasteiger partial charge in [0.15, 0.2) is 0 Å². The van der Waals surface area contributed by atoms with Gasteiger partial charge in [-0.05, 0) is 12.1 Å². The van der Waals surface area contributed by atoms with Crippen LogP contribution in [-0.4, -0.2) is 19.2 Å². The summed E-state index contributed by atoms with van der Waals surface area (Å²) in [6.45, 7) is 0. The van der Waals surface area contributed by atoms with Crippen molar-refractivity contribution in [3.63, 3.8) is 0 Å². The number of rotatable bonds is 3. The number of methoxy groups -OCH3 is 1. The minimum absolute atomic E-state index is 0.213. The molecule has 1 aliphatic heterocycles. The zero-order valence-electron chi connectivity index (χ0n) is 8.73. The average molecular weight is 217 g/mol. The Bertz CT molecular complexity index is 466. The van der Waals surface area contributed by atoms with E-state index in [0.29, 0.717) is 5.57 Å². The van der Waals surface area contributed by atoms with E-state index in [0.717, 1.165) is 11.4 Å². The van der Waals surface area contributed by atoms with Crippen molar-refractivity contribution in [3.8, 4) is 5.75 Å². The van der Waals surface area contributed by atoms with Gasteiger partial charge in [0.2, 0.25) is 0 Å². The first-order valence-electron chi connectivity index (χ1n) is 4.74. The van der Waals surface area contributed by atoms with Crippen LogP contribution in [0, 0.1) is 0 Å². The first-order chi connectivity index (χ1) is 7.79. The van der Waals surface area contributed by atoms with Gasteiger partial charge >= 0.3 is 0 Å². The summed E-state index contributed by atoms with van der Waals surface area (Å²) in [6, 6.07) is 7.43. The van der Waals surface area contributed by atoms with Crippen molar-refractivity contribution in [2.45, 2.75) is 0 Å². The van der Waals surface area contributed by atoms with Gasteiger partial charge in [-0.15, -0.1) is 0 Å². The fourth-order valence-electron chi connectivity index (χ4n) is 1.26. The summed E-state index contributed by atoms with van der Waals surface area (Å²) in [6.07, 6.45) is 3.07. The zero-order chi connectivity index (χ0) is 11.4. The molecule has 0 atom stereocenters. The molecule has 82 valence electrons. The Labute approximate surface area is 92.8 Å². The Morgan fingerprint density at radius 2 is 2.38 bits per heavy atom. The summed E-state index contributed by atoms with van der Waals surface area (Å²) in [7, 11) is 1.61. The van der Waals surface area contributed by atoms with E-state index in [-0.39, 0.29) is 5.91 Å². The number of nitrogens with one attached hydrogen (secondary N) is 2. The van der Waals surface area contributed by atoms with Crippen LogP contribution in [0.3, 0.4) is 0 Å². The van der Waals surface area contributed by atoms with Crippen LogP contribution in [0.2, 0.25) is 0 Å². The number of ether oxygens (including phenoxy) is 1. The number of hydrazone groups is 1. The molecule has 0 aliphatic carbocycles. The van der Waals surface area contributed by atoms with Gasteiger partial charge in [-0.1, -0.05) is 6.07 Å². The lowest BCUT2D eigenvalue weighted by molar-refractivity contribution is -0.116. The molecule has 1 heterocycles. The predicted molar refractivity (Wildman–Crippen MR) is 61.3 cm³/mol. The summed E-state index contributed by atoms with van der Waals surface area (Å²) in [5.74, 6) is 0.545. The summed E-state index contributed by atoms with van der Waals surface area (Å²) in [5, 5.41) is 6.63. The Balaban J connectivity index is 2.09. The van der Waals surface area contributed by atoms with E-state index in [1.54, 1.807) is 13.3 Å². The Kier molecular flexibility index (Phi) is 2.86. The van der Waals surface area contributed by atoms with Crippen molar-refractivity contribution in [1.29, 1.82) is 0 Å². The number of carbonyl (C=O) groups excluding carboxylic acids is 1. The Hall–Kier alpha value is -2.30. The van der Waals surface area contributed by atoms with E-state index < -0.39 is 0 Å². The van der Waals surface area contributed by atoms with Gasteiger partial charge in [0, 0.05) is 18.0 Å². The SMILES string of the molecule is COc1cccc(NC=C2C=NNC2=O)c1. The highest BCUT2D eigenvalue weighted by molar-refractivity contribution is 6.15. The molecule has 0 radical (unpaired) electrons. The monoisotopic (exact) mass is 217 g/mol. The van der Waals surface area contributed by atoms with E-state index in [2.05, 4.69) is 15.8 Å². The minimum Gasteiger partial charge on any atom is -0.497 e. The highest BCUT2D eigenvalue weighted by atomic mass is 16.5. The lowest BCUT2D eigenvalue weighted by atomic mass is 10.3. The number of carbonyl (C=O) groups is 1. The van der Waals surface area contributed by atoms with Crippen LogP contribution in [-0.2, 0) is 4.79 Å². The van der Waals surface area contributed by atoms with Crippen LogP contribution in [0.15, 0.2) is 41.1 Å². The van der Waals surface area contributed by atoms with Gasteiger partial charge in [-0.25, -0.2) is 5.43 Å². The molecule has 2 N–H and O–H groups in total. The van der Waals surface area contributed by atoms with Crippen molar-refractivity contribution in [2.24, 2.45) is 5.10 Å².